The Hall–Kier alpha value is -5.87. The molecule has 0 saturated carbocycles. The molecule has 7 aromatic rings. The number of rotatable bonds is 30. The molecule has 12 heteroatoms. The van der Waals surface area contributed by atoms with Crippen LogP contribution in [0.4, 0.5) is 17.1 Å². The number of benzene rings is 3. The molecule has 1 N–H and O–H groups in total. The van der Waals surface area contributed by atoms with Crippen molar-refractivity contribution in [3.8, 4) is 49.0 Å². The summed E-state index contributed by atoms with van der Waals surface area (Å²) in [7, 11) is 0. The normalized spacial score (nSPS) is 11.6. The fourth-order valence-corrected chi connectivity index (χ4v) is 11.8. The molecular formula is C59H69N5O4S3. The van der Waals surface area contributed by atoms with Crippen molar-refractivity contribution >= 4 is 74.5 Å². The summed E-state index contributed by atoms with van der Waals surface area (Å²) in [6.07, 6.45) is 23.6. The molecule has 0 radical (unpaired) electrons. The first-order chi connectivity index (χ1) is 34.8. The van der Waals surface area contributed by atoms with Crippen molar-refractivity contribution in [1.29, 1.82) is 5.26 Å². The molecule has 0 atom stereocenters. The molecule has 372 valence electrons. The van der Waals surface area contributed by atoms with E-state index >= 15 is 0 Å². The first-order valence-electron chi connectivity index (χ1n) is 25.9. The highest BCUT2D eigenvalue weighted by Crippen LogP contribution is 2.46. The molecule has 7 rings (SSSR count). The minimum atomic E-state index is -1.21. The molecule has 0 spiro atoms. The van der Waals surface area contributed by atoms with Gasteiger partial charge in [-0.05, 0) is 129 Å². The van der Waals surface area contributed by atoms with Crippen molar-refractivity contribution in [2.24, 2.45) is 0 Å². The zero-order valence-electron chi connectivity index (χ0n) is 42.0. The Kier molecular flexibility index (Phi) is 20.6. The fourth-order valence-electron chi connectivity index (χ4n) is 8.79. The number of aliphatic carboxylic acids is 1. The van der Waals surface area contributed by atoms with E-state index in [-0.39, 0.29) is 5.57 Å². The summed E-state index contributed by atoms with van der Waals surface area (Å²) in [5.74, 6) is 0.532. The first kappa shape index (κ1) is 52.9. The molecule has 3 aromatic carbocycles. The average Bonchev–Trinajstić information content (AvgIpc) is 4.16. The van der Waals surface area contributed by atoms with Crippen LogP contribution in [0.25, 0.3) is 48.6 Å². The lowest BCUT2D eigenvalue weighted by molar-refractivity contribution is -0.132. The van der Waals surface area contributed by atoms with Gasteiger partial charge in [0, 0.05) is 53.9 Å². The maximum absolute atomic E-state index is 11.9. The molecule has 0 aliphatic heterocycles. The Morgan fingerprint density at radius 3 is 1.66 bits per heavy atom. The Morgan fingerprint density at radius 1 is 0.634 bits per heavy atom. The summed E-state index contributed by atoms with van der Waals surface area (Å²) in [6, 6.07) is 31.7. The van der Waals surface area contributed by atoms with Crippen LogP contribution in [0.5, 0.6) is 11.5 Å². The highest BCUT2D eigenvalue weighted by molar-refractivity contribution is 7.24. The molecule has 71 heavy (non-hydrogen) atoms. The molecule has 0 bridgehead atoms. The predicted octanol–water partition coefficient (Wildman–Crippen LogP) is 17.8. The van der Waals surface area contributed by atoms with Crippen molar-refractivity contribution in [3.63, 3.8) is 0 Å². The predicted molar refractivity (Wildman–Crippen MR) is 298 cm³/mol. The highest BCUT2D eigenvalue weighted by Gasteiger charge is 2.22. The van der Waals surface area contributed by atoms with E-state index in [4.69, 9.17) is 23.2 Å². The largest absolute Gasteiger partial charge is 0.494 e. The van der Waals surface area contributed by atoms with Crippen molar-refractivity contribution in [1.82, 2.24) is 13.7 Å². The van der Waals surface area contributed by atoms with Crippen LogP contribution >= 0.6 is 34.4 Å². The maximum atomic E-state index is 11.9. The fraction of sp³-hybridized carbons (Fsp3) is 0.407. The van der Waals surface area contributed by atoms with E-state index in [2.05, 4.69) is 118 Å². The van der Waals surface area contributed by atoms with E-state index in [0.29, 0.717) is 13.2 Å². The summed E-state index contributed by atoms with van der Waals surface area (Å²) >= 11 is 4.51. The quantitative estimate of drug-likeness (QED) is 0.0267. The SMILES string of the molecule is CCCCCCOc1ccc(N(c2ccc(OCCCCCC)cc2)c2ccc(-c3ncc(-c4sc(-c5cc(CCCCCC)c(/C=C(\C#N)C(=O)O)s5)cc4CCCCCC)c4nsnc34)cc2)cc1. The second-order valence-corrected chi connectivity index (χ2v) is 20.9. The third-order valence-corrected chi connectivity index (χ3v) is 15.8. The molecule has 0 saturated heterocycles. The summed E-state index contributed by atoms with van der Waals surface area (Å²) in [4.78, 5) is 23.5. The van der Waals surface area contributed by atoms with Crippen LogP contribution in [-0.2, 0) is 17.6 Å². The van der Waals surface area contributed by atoms with Crippen LogP contribution in [0.15, 0.2) is 96.7 Å². The third kappa shape index (κ3) is 14.4. The number of aromatic nitrogens is 3. The summed E-state index contributed by atoms with van der Waals surface area (Å²) in [5.41, 5.74) is 9.45. The minimum absolute atomic E-state index is 0.249. The van der Waals surface area contributed by atoms with Gasteiger partial charge in [-0.25, -0.2) is 4.79 Å². The molecule has 0 unspecified atom stereocenters. The molecular weight excluding hydrogens is 939 g/mol. The zero-order valence-corrected chi connectivity index (χ0v) is 44.5. The van der Waals surface area contributed by atoms with Gasteiger partial charge in [0.2, 0.25) is 0 Å². The van der Waals surface area contributed by atoms with Gasteiger partial charge in [-0.1, -0.05) is 117 Å². The number of pyridine rings is 1. The molecule has 0 aliphatic carbocycles. The van der Waals surface area contributed by atoms with Crippen molar-refractivity contribution in [2.75, 3.05) is 18.1 Å². The summed E-state index contributed by atoms with van der Waals surface area (Å²) in [6.45, 7) is 10.3. The third-order valence-electron chi connectivity index (χ3n) is 12.8. The van der Waals surface area contributed by atoms with Gasteiger partial charge in [0.05, 0.1) is 30.6 Å². The second kappa shape index (κ2) is 27.7. The topological polar surface area (TPSA) is 121 Å². The number of hydrogen-bond acceptors (Lipinski definition) is 11. The van der Waals surface area contributed by atoms with Gasteiger partial charge < -0.3 is 19.5 Å². The van der Waals surface area contributed by atoms with Crippen molar-refractivity contribution in [3.05, 3.63) is 113 Å². The molecule has 9 nitrogen and oxygen atoms in total. The van der Waals surface area contributed by atoms with Gasteiger partial charge in [0.25, 0.3) is 0 Å². The number of carboxylic acid groups (broad SMARTS) is 1. The standard InChI is InChI=1S/C59H69N5O4S3/c1-5-9-13-17-21-43-37-53(69-52(43)39-45(40-60)59(65)66)54-38-44(22-18-14-10-6-2)58(70-54)51-41-61-55(57-56(51)62-71-63-57)42-23-25-46(26-24-42)64(47-27-31-49(32-28-47)67-35-19-15-11-7-3)48-29-33-50(34-30-48)68-36-20-16-12-8-4/h23-34,37-39,41H,5-22,35-36H2,1-4H3,(H,65,66)/b45-39+. The first-order valence-corrected chi connectivity index (χ1v) is 28.3. The number of ether oxygens (including phenoxy) is 2. The number of carboxylic acids is 1. The van der Waals surface area contributed by atoms with E-state index in [0.717, 1.165) is 152 Å². The minimum Gasteiger partial charge on any atom is -0.494 e. The van der Waals surface area contributed by atoms with Crippen LogP contribution in [0.2, 0.25) is 0 Å². The van der Waals surface area contributed by atoms with Gasteiger partial charge in [-0.15, -0.1) is 22.7 Å². The van der Waals surface area contributed by atoms with Crippen molar-refractivity contribution < 1.29 is 19.4 Å². The van der Waals surface area contributed by atoms with Gasteiger partial charge in [0.15, 0.2) is 0 Å². The Labute approximate surface area is 433 Å². The number of anilines is 3. The van der Waals surface area contributed by atoms with E-state index in [1.807, 2.05) is 12.3 Å². The van der Waals surface area contributed by atoms with Gasteiger partial charge in [0.1, 0.15) is 34.2 Å². The van der Waals surface area contributed by atoms with Gasteiger partial charge >= 0.3 is 5.97 Å². The van der Waals surface area contributed by atoms with Crippen LogP contribution in [0.1, 0.15) is 146 Å². The number of thiophene rings is 2. The number of aryl methyl sites for hydroxylation is 2. The van der Waals surface area contributed by atoms with Crippen LogP contribution in [0, 0.1) is 11.3 Å². The van der Waals surface area contributed by atoms with Crippen LogP contribution in [0.3, 0.4) is 0 Å². The van der Waals surface area contributed by atoms with E-state index < -0.39 is 5.97 Å². The zero-order chi connectivity index (χ0) is 49.8. The van der Waals surface area contributed by atoms with Crippen LogP contribution < -0.4 is 14.4 Å². The lowest BCUT2D eigenvalue weighted by atomic mass is 10.0. The number of hydrogen-bond donors (Lipinski definition) is 1. The monoisotopic (exact) mass is 1010 g/mol. The average molecular weight is 1010 g/mol. The molecule has 0 amide bonds. The maximum Gasteiger partial charge on any atom is 0.346 e. The van der Waals surface area contributed by atoms with Crippen molar-refractivity contribution in [2.45, 2.75) is 143 Å². The van der Waals surface area contributed by atoms with E-state index in [1.54, 1.807) is 28.7 Å². The lowest BCUT2D eigenvalue weighted by Gasteiger charge is -2.26. The molecule has 0 fully saturated rings. The number of nitrogens with zero attached hydrogens (tertiary/aromatic N) is 5. The Balaban J connectivity index is 1.20. The molecule has 0 aliphatic rings. The Morgan fingerprint density at radius 2 is 1.13 bits per heavy atom. The van der Waals surface area contributed by atoms with Gasteiger partial charge in [-0.2, -0.15) is 14.0 Å². The Bertz CT molecular complexity index is 2760. The summed E-state index contributed by atoms with van der Waals surface area (Å²) < 4.78 is 22.0. The highest BCUT2D eigenvalue weighted by atomic mass is 32.1. The van der Waals surface area contributed by atoms with E-state index in [1.165, 1.54) is 62.2 Å². The second-order valence-electron chi connectivity index (χ2n) is 18.2. The molecule has 4 aromatic heterocycles. The van der Waals surface area contributed by atoms with Gasteiger partial charge in [-0.3, -0.25) is 4.98 Å². The number of nitriles is 1. The summed E-state index contributed by atoms with van der Waals surface area (Å²) in [5, 5.41) is 19.4. The number of unbranched alkanes of at least 4 members (excludes halogenated alkanes) is 12. The number of fused-ring (bicyclic) bond motifs is 1. The molecule has 4 heterocycles. The number of carbonyl (C=O) groups is 1. The smallest absolute Gasteiger partial charge is 0.346 e. The van der Waals surface area contributed by atoms with E-state index in [9.17, 15) is 15.2 Å². The van der Waals surface area contributed by atoms with Crippen LogP contribution in [-0.4, -0.2) is 38.0 Å². The lowest BCUT2D eigenvalue weighted by Crippen LogP contribution is -2.10.